The molecule has 0 bridgehead atoms. The Morgan fingerprint density at radius 3 is 2.11 bits per heavy atom. The van der Waals surface area contributed by atoms with Crippen molar-refractivity contribution in [3.8, 4) is 6.07 Å². The molecule has 0 radical (unpaired) electrons. The van der Waals surface area contributed by atoms with Gasteiger partial charge in [-0.2, -0.15) is 5.26 Å². The van der Waals surface area contributed by atoms with E-state index in [2.05, 4.69) is 37.3 Å². The second-order valence-electron chi connectivity index (χ2n) is 8.17. The zero-order valence-electron chi connectivity index (χ0n) is 17.2. The fraction of sp³-hybridized carbons (Fsp3) is 0.577. The highest BCUT2D eigenvalue weighted by molar-refractivity contribution is 5.22. The normalized spacial score (nSPS) is 20.3. The average Bonchev–Trinajstić information content (AvgIpc) is 2.71. The van der Waals surface area contributed by atoms with Gasteiger partial charge in [0.15, 0.2) is 0 Å². The van der Waals surface area contributed by atoms with Crippen molar-refractivity contribution in [1.29, 1.82) is 5.26 Å². The van der Waals surface area contributed by atoms with E-state index in [1.807, 2.05) is 18.2 Å². The van der Waals surface area contributed by atoms with E-state index in [1.54, 1.807) is 6.08 Å². The Morgan fingerprint density at radius 1 is 0.889 bits per heavy atom. The largest absolute Gasteiger partial charge is 0.193 e. The third-order valence-electron chi connectivity index (χ3n) is 5.98. The van der Waals surface area contributed by atoms with Crippen LogP contribution in [0.2, 0.25) is 0 Å². The molecule has 0 N–H and O–H groups in total. The van der Waals surface area contributed by atoms with Crippen LogP contribution in [0.3, 0.4) is 0 Å². The van der Waals surface area contributed by atoms with Crippen molar-refractivity contribution < 1.29 is 0 Å². The topological polar surface area (TPSA) is 23.8 Å². The van der Waals surface area contributed by atoms with E-state index in [4.69, 9.17) is 5.26 Å². The number of benzene rings is 1. The predicted octanol–water partition coefficient (Wildman–Crippen LogP) is 7.57. The van der Waals surface area contributed by atoms with E-state index >= 15 is 0 Å². The molecule has 146 valence electrons. The van der Waals surface area contributed by atoms with Gasteiger partial charge in [-0.25, -0.2) is 0 Å². The number of unbranched alkanes of at least 4 members (excludes halogenated alkanes) is 3. The highest BCUT2D eigenvalue weighted by Crippen LogP contribution is 2.32. The van der Waals surface area contributed by atoms with E-state index in [0.29, 0.717) is 0 Å². The Morgan fingerprint density at radius 2 is 1.52 bits per heavy atom. The maximum Gasteiger partial charge on any atom is 0.0912 e. The van der Waals surface area contributed by atoms with E-state index in [1.165, 1.54) is 88.2 Å². The van der Waals surface area contributed by atoms with Gasteiger partial charge in [0.2, 0.25) is 0 Å². The average molecular weight is 364 g/mol. The smallest absolute Gasteiger partial charge is 0.0912 e. The number of allylic oxidation sites excluding steroid dienone is 4. The third-order valence-corrected chi connectivity index (χ3v) is 5.98. The van der Waals surface area contributed by atoms with Gasteiger partial charge >= 0.3 is 0 Å². The summed E-state index contributed by atoms with van der Waals surface area (Å²) in [5.41, 5.74) is 3.01. The first-order valence-corrected chi connectivity index (χ1v) is 11.1. The van der Waals surface area contributed by atoms with Crippen LogP contribution in [0.25, 0.3) is 0 Å². The number of nitriles is 1. The Hall–Kier alpha value is -1.81. The van der Waals surface area contributed by atoms with Crippen LogP contribution >= 0.6 is 0 Å². The predicted molar refractivity (Wildman–Crippen MR) is 117 cm³/mol. The van der Waals surface area contributed by atoms with Crippen LogP contribution in [0.15, 0.2) is 48.6 Å². The van der Waals surface area contributed by atoms with Gasteiger partial charge in [-0.05, 0) is 74.3 Å². The van der Waals surface area contributed by atoms with Crippen molar-refractivity contribution in [2.75, 3.05) is 0 Å². The van der Waals surface area contributed by atoms with Crippen molar-refractivity contribution in [3.05, 3.63) is 59.7 Å². The van der Waals surface area contributed by atoms with Crippen LogP contribution < -0.4 is 0 Å². The number of hydrogen-bond acceptors (Lipinski definition) is 1. The number of nitrogens with zero attached hydrogens (tertiary/aromatic N) is 1. The minimum Gasteiger partial charge on any atom is -0.193 e. The fourth-order valence-corrected chi connectivity index (χ4v) is 4.20. The van der Waals surface area contributed by atoms with Crippen molar-refractivity contribution in [2.24, 2.45) is 11.8 Å². The van der Waals surface area contributed by atoms with Crippen LogP contribution in [-0.2, 0) is 12.8 Å². The molecule has 0 spiro atoms. The molecule has 1 heteroatoms. The molecule has 0 unspecified atom stereocenters. The first-order chi connectivity index (χ1) is 13.3. The van der Waals surface area contributed by atoms with Crippen molar-refractivity contribution in [3.63, 3.8) is 0 Å². The van der Waals surface area contributed by atoms with Gasteiger partial charge in [0.05, 0.1) is 6.07 Å². The second-order valence-corrected chi connectivity index (χ2v) is 8.17. The van der Waals surface area contributed by atoms with E-state index < -0.39 is 0 Å². The summed E-state index contributed by atoms with van der Waals surface area (Å²) in [4.78, 5) is 0. The van der Waals surface area contributed by atoms with Crippen molar-refractivity contribution >= 4 is 0 Å². The molecule has 0 saturated heterocycles. The lowest BCUT2D eigenvalue weighted by Crippen LogP contribution is -2.13. The maximum absolute atomic E-state index is 8.49. The summed E-state index contributed by atoms with van der Waals surface area (Å²) in [6.07, 6.45) is 23.7. The highest BCUT2D eigenvalue weighted by atomic mass is 14.2. The SMILES string of the molecule is CCCCCc1ccc(CCCC[C@H]2CC[C@H](C=CC=CC#N)CC2)cc1. The van der Waals surface area contributed by atoms with Gasteiger partial charge < -0.3 is 0 Å². The first-order valence-electron chi connectivity index (χ1n) is 11.1. The Balaban J connectivity index is 1.56. The van der Waals surface area contributed by atoms with Gasteiger partial charge in [-0.1, -0.05) is 75.1 Å². The summed E-state index contributed by atoms with van der Waals surface area (Å²) in [5.74, 6) is 1.66. The van der Waals surface area contributed by atoms with E-state index in [9.17, 15) is 0 Å². The third kappa shape index (κ3) is 9.09. The fourth-order valence-electron chi connectivity index (χ4n) is 4.20. The van der Waals surface area contributed by atoms with Gasteiger partial charge in [-0.3, -0.25) is 0 Å². The molecule has 1 fully saturated rings. The molecule has 2 rings (SSSR count). The van der Waals surface area contributed by atoms with Gasteiger partial charge in [0, 0.05) is 6.08 Å². The minimum atomic E-state index is 0.723. The Bertz CT molecular complexity index is 594. The lowest BCUT2D eigenvalue weighted by atomic mass is 9.79. The monoisotopic (exact) mass is 363 g/mol. The van der Waals surface area contributed by atoms with Crippen molar-refractivity contribution in [2.45, 2.75) is 84.0 Å². The molecule has 27 heavy (non-hydrogen) atoms. The van der Waals surface area contributed by atoms with Gasteiger partial charge in [0.25, 0.3) is 0 Å². The molecule has 1 aliphatic rings. The number of rotatable bonds is 11. The summed E-state index contributed by atoms with van der Waals surface area (Å²) in [6.45, 7) is 2.27. The van der Waals surface area contributed by atoms with Crippen LogP contribution in [0.1, 0.15) is 82.3 Å². The lowest BCUT2D eigenvalue weighted by Gasteiger charge is -2.26. The van der Waals surface area contributed by atoms with Crippen molar-refractivity contribution in [1.82, 2.24) is 0 Å². The summed E-state index contributed by atoms with van der Waals surface area (Å²) in [7, 11) is 0. The summed E-state index contributed by atoms with van der Waals surface area (Å²) in [6, 6.07) is 11.4. The lowest BCUT2D eigenvalue weighted by molar-refractivity contribution is 0.289. The minimum absolute atomic E-state index is 0.723. The van der Waals surface area contributed by atoms with Crippen LogP contribution in [0.4, 0.5) is 0 Å². The molecular formula is C26H37N. The van der Waals surface area contributed by atoms with Gasteiger partial charge in [0.1, 0.15) is 0 Å². The zero-order valence-corrected chi connectivity index (χ0v) is 17.2. The first kappa shape index (κ1) is 21.5. The summed E-state index contributed by atoms with van der Waals surface area (Å²) >= 11 is 0. The quantitative estimate of drug-likeness (QED) is 0.226. The maximum atomic E-state index is 8.49. The molecule has 1 saturated carbocycles. The molecule has 0 amide bonds. The number of hydrogen-bond donors (Lipinski definition) is 0. The van der Waals surface area contributed by atoms with Crippen LogP contribution in [0.5, 0.6) is 0 Å². The summed E-state index contributed by atoms with van der Waals surface area (Å²) in [5, 5.41) is 8.49. The Labute approximate surface area is 167 Å². The molecule has 0 heterocycles. The van der Waals surface area contributed by atoms with Gasteiger partial charge in [-0.15, -0.1) is 0 Å². The highest BCUT2D eigenvalue weighted by Gasteiger charge is 2.18. The molecule has 1 aliphatic carbocycles. The number of aryl methyl sites for hydroxylation is 2. The van der Waals surface area contributed by atoms with Crippen LogP contribution in [-0.4, -0.2) is 0 Å². The molecule has 1 nitrogen and oxygen atoms in total. The molecular weight excluding hydrogens is 326 g/mol. The summed E-state index contributed by atoms with van der Waals surface area (Å²) < 4.78 is 0. The van der Waals surface area contributed by atoms with E-state index in [0.717, 1.165) is 11.8 Å². The molecule has 0 aromatic heterocycles. The van der Waals surface area contributed by atoms with E-state index in [-0.39, 0.29) is 0 Å². The molecule has 1 aromatic carbocycles. The standard InChI is InChI=1S/C26H37N/c1-2-3-5-10-23-14-18-25(19-15-23)12-7-8-13-26-20-16-24(17-21-26)11-6-4-9-22-27/h4,6,9,11,14-15,18-19,24,26H,2-3,5,7-8,10,12-13,16-17,20-21H2,1H3/t24-,26-. The molecule has 1 aromatic rings. The zero-order chi connectivity index (χ0) is 19.2. The molecule has 0 atom stereocenters. The molecule has 0 aliphatic heterocycles. The van der Waals surface area contributed by atoms with Crippen LogP contribution in [0, 0.1) is 23.2 Å². The second kappa shape index (κ2) is 13.4. The Kier molecular flexibility index (Phi) is 10.6.